The van der Waals surface area contributed by atoms with Gasteiger partial charge in [0.1, 0.15) is 15.3 Å². The number of nitrogens with one attached hydrogen (secondary N) is 1. The molecule has 31 heavy (non-hydrogen) atoms. The van der Waals surface area contributed by atoms with Crippen molar-refractivity contribution in [1.82, 2.24) is 9.21 Å². The number of thiophene rings is 2. The van der Waals surface area contributed by atoms with Crippen LogP contribution in [0.4, 0.5) is 5.00 Å². The standard InChI is InChI=1S/C20H22N4O4S3/c1-13(25)23-8-6-15-16(10-21)20(30-17(15)12-23)22-19(26)14-4-2-7-24(11-14)31(27,28)18-5-3-9-29-18/h3,5,9,14H,2,4,6-8,11-12H2,1H3,(H,22,26). The van der Waals surface area contributed by atoms with Crippen LogP contribution in [0.2, 0.25) is 0 Å². The van der Waals surface area contributed by atoms with Gasteiger partial charge in [-0.15, -0.1) is 22.7 Å². The Balaban J connectivity index is 1.50. The van der Waals surface area contributed by atoms with Crippen LogP contribution in [-0.2, 0) is 32.6 Å². The van der Waals surface area contributed by atoms with Crippen LogP contribution in [-0.4, -0.2) is 49.1 Å². The van der Waals surface area contributed by atoms with Crippen LogP contribution < -0.4 is 5.32 Å². The normalized spacial score (nSPS) is 19.5. The molecule has 1 atom stereocenters. The van der Waals surface area contributed by atoms with Gasteiger partial charge in [-0.2, -0.15) is 9.57 Å². The van der Waals surface area contributed by atoms with E-state index in [1.807, 2.05) is 0 Å². The van der Waals surface area contributed by atoms with Gasteiger partial charge in [0.15, 0.2) is 0 Å². The van der Waals surface area contributed by atoms with E-state index in [0.717, 1.165) is 10.4 Å². The summed E-state index contributed by atoms with van der Waals surface area (Å²) in [5.74, 6) is -0.773. The molecular formula is C20H22N4O4S3. The molecule has 1 saturated heterocycles. The molecule has 1 fully saturated rings. The lowest BCUT2D eigenvalue weighted by molar-refractivity contribution is -0.129. The number of sulfonamides is 1. The number of hydrogen-bond donors (Lipinski definition) is 1. The Kier molecular flexibility index (Phi) is 6.16. The number of nitriles is 1. The molecule has 164 valence electrons. The smallest absolute Gasteiger partial charge is 0.252 e. The zero-order valence-electron chi connectivity index (χ0n) is 17.0. The lowest BCUT2D eigenvalue weighted by atomic mass is 9.98. The molecule has 0 bridgehead atoms. The molecule has 1 N–H and O–H groups in total. The molecule has 8 nitrogen and oxygen atoms in total. The highest BCUT2D eigenvalue weighted by Crippen LogP contribution is 2.37. The Hall–Kier alpha value is -2.26. The summed E-state index contributed by atoms with van der Waals surface area (Å²) in [4.78, 5) is 27.3. The van der Waals surface area contributed by atoms with E-state index in [1.54, 1.807) is 22.4 Å². The molecule has 4 heterocycles. The number of rotatable bonds is 4. The topological polar surface area (TPSA) is 111 Å². The fraction of sp³-hybridized carbons (Fsp3) is 0.450. The third-order valence-electron chi connectivity index (χ3n) is 5.69. The summed E-state index contributed by atoms with van der Waals surface area (Å²) < 4.78 is 27.3. The maximum Gasteiger partial charge on any atom is 0.252 e. The third kappa shape index (κ3) is 4.25. The summed E-state index contributed by atoms with van der Waals surface area (Å²) >= 11 is 2.49. The van der Waals surface area contributed by atoms with Gasteiger partial charge in [0.2, 0.25) is 11.8 Å². The number of carbonyl (C=O) groups is 2. The van der Waals surface area contributed by atoms with Crippen molar-refractivity contribution in [3.05, 3.63) is 33.5 Å². The van der Waals surface area contributed by atoms with Gasteiger partial charge >= 0.3 is 0 Å². The van der Waals surface area contributed by atoms with Crippen molar-refractivity contribution in [2.45, 2.75) is 36.9 Å². The summed E-state index contributed by atoms with van der Waals surface area (Å²) in [5.41, 5.74) is 1.35. The molecule has 2 amide bonds. The molecule has 0 saturated carbocycles. The molecule has 0 aliphatic carbocycles. The number of nitrogens with zero attached hydrogens (tertiary/aromatic N) is 3. The Morgan fingerprint density at radius 3 is 2.81 bits per heavy atom. The Morgan fingerprint density at radius 1 is 1.32 bits per heavy atom. The summed E-state index contributed by atoms with van der Waals surface area (Å²) in [5, 5.41) is 14.7. The van der Waals surface area contributed by atoms with E-state index < -0.39 is 15.9 Å². The molecular weight excluding hydrogens is 456 g/mol. The quantitative estimate of drug-likeness (QED) is 0.726. The first kappa shape index (κ1) is 22.0. The first-order chi connectivity index (χ1) is 14.8. The third-order valence-corrected chi connectivity index (χ3v) is 10.1. The van der Waals surface area contributed by atoms with Crippen LogP contribution in [0.5, 0.6) is 0 Å². The van der Waals surface area contributed by atoms with Gasteiger partial charge in [0.05, 0.1) is 18.0 Å². The van der Waals surface area contributed by atoms with Gasteiger partial charge in [-0.3, -0.25) is 9.59 Å². The van der Waals surface area contributed by atoms with E-state index in [1.165, 1.54) is 33.9 Å². The average Bonchev–Trinajstić information content (AvgIpc) is 3.41. The predicted molar refractivity (Wildman–Crippen MR) is 118 cm³/mol. The van der Waals surface area contributed by atoms with Gasteiger partial charge in [-0.05, 0) is 36.3 Å². The zero-order valence-corrected chi connectivity index (χ0v) is 19.4. The minimum atomic E-state index is -3.60. The second-order valence-corrected chi connectivity index (χ2v) is 11.9. The first-order valence-electron chi connectivity index (χ1n) is 9.96. The van der Waals surface area contributed by atoms with E-state index in [2.05, 4.69) is 11.4 Å². The molecule has 4 rings (SSSR count). The highest BCUT2D eigenvalue weighted by Gasteiger charge is 2.35. The molecule has 1 unspecified atom stereocenters. The largest absolute Gasteiger partial charge is 0.337 e. The minimum Gasteiger partial charge on any atom is -0.337 e. The second-order valence-electron chi connectivity index (χ2n) is 7.63. The van der Waals surface area contributed by atoms with Gasteiger partial charge in [-0.25, -0.2) is 8.42 Å². The number of anilines is 1. The van der Waals surface area contributed by atoms with Crippen LogP contribution in [0.1, 0.15) is 35.8 Å². The number of amides is 2. The molecule has 0 spiro atoms. The van der Waals surface area contributed by atoms with Crippen molar-refractivity contribution in [3.63, 3.8) is 0 Å². The van der Waals surface area contributed by atoms with Crippen molar-refractivity contribution in [2.75, 3.05) is 25.0 Å². The maximum absolute atomic E-state index is 13.0. The highest BCUT2D eigenvalue weighted by atomic mass is 32.2. The molecule has 2 aromatic heterocycles. The van der Waals surface area contributed by atoms with Crippen molar-refractivity contribution in [3.8, 4) is 6.07 Å². The molecule has 2 aliphatic rings. The average molecular weight is 479 g/mol. The van der Waals surface area contributed by atoms with Gasteiger partial charge < -0.3 is 10.2 Å². The van der Waals surface area contributed by atoms with E-state index in [4.69, 9.17) is 0 Å². The maximum atomic E-state index is 13.0. The number of hydrogen-bond acceptors (Lipinski definition) is 7. The molecule has 0 aromatic carbocycles. The van der Waals surface area contributed by atoms with Crippen LogP contribution in [0, 0.1) is 17.2 Å². The highest BCUT2D eigenvalue weighted by molar-refractivity contribution is 7.91. The Morgan fingerprint density at radius 2 is 2.13 bits per heavy atom. The molecule has 2 aromatic rings. The fourth-order valence-electron chi connectivity index (χ4n) is 4.00. The van der Waals surface area contributed by atoms with E-state index in [9.17, 15) is 23.3 Å². The van der Waals surface area contributed by atoms with Crippen LogP contribution in [0.15, 0.2) is 21.7 Å². The summed E-state index contributed by atoms with van der Waals surface area (Å²) in [6.07, 6.45) is 1.77. The van der Waals surface area contributed by atoms with Crippen LogP contribution >= 0.6 is 22.7 Å². The molecule has 0 radical (unpaired) electrons. The number of piperidine rings is 1. The van der Waals surface area contributed by atoms with E-state index in [0.29, 0.717) is 49.5 Å². The van der Waals surface area contributed by atoms with Crippen molar-refractivity contribution in [1.29, 1.82) is 5.26 Å². The van der Waals surface area contributed by atoms with Crippen LogP contribution in [0.25, 0.3) is 0 Å². The predicted octanol–water partition coefficient (Wildman–Crippen LogP) is 2.63. The van der Waals surface area contributed by atoms with E-state index >= 15 is 0 Å². The van der Waals surface area contributed by atoms with Crippen molar-refractivity contribution < 1.29 is 18.0 Å². The Bertz CT molecular complexity index is 1150. The zero-order chi connectivity index (χ0) is 22.2. The van der Waals surface area contributed by atoms with Gasteiger partial charge in [-0.1, -0.05) is 6.07 Å². The minimum absolute atomic E-state index is 0.0163. The molecule has 11 heteroatoms. The summed E-state index contributed by atoms with van der Waals surface area (Å²) in [6, 6.07) is 5.46. The van der Waals surface area contributed by atoms with Crippen molar-refractivity contribution in [2.24, 2.45) is 5.92 Å². The monoisotopic (exact) mass is 478 g/mol. The molecule has 2 aliphatic heterocycles. The van der Waals surface area contributed by atoms with Crippen molar-refractivity contribution >= 4 is 49.5 Å². The SMILES string of the molecule is CC(=O)N1CCc2c(sc(NC(=O)C3CCCN(S(=O)(=O)c4cccs4)C3)c2C#N)C1. The summed E-state index contributed by atoms with van der Waals surface area (Å²) in [6.45, 7) is 3.03. The van der Waals surface area contributed by atoms with Crippen LogP contribution in [0.3, 0.4) is 0 Å². The number of fused-ring (bicyclic) bond motifs is 1. The summed E-state index contributed by atoms with van der Waals surface area (Å²) in [7, 11) is -3.60. The fourth-order valence-corrected chi connectivity index (χ4v) is 7.89. The lowest BCUT2D eigenvalue weighted by Crippen LogP contribution is -2.43. The van der Waals surface area contributed by atoms with Gasteiger partial charge in [0, 0.05) is 31.4 Å². The first-order valence-corrected chi connectivity index (χ1v) is 13.1. The second kappa shape index (κ2) is 8.70. The number of carbonyl (C=O) groups excluding carboxylic acids is 2. The van der Waals surface area contributed by atoms with E-state index in [-0.39, 0.29) is 22.6 Å². The van der Waals surface area contributed by atoms with Gasteiger partial charge in [0.25, 0.3) is 10.0 Å². The Labute approximate surface area is 189 Å². The lowest BCUT2D eigenvalue weighted by Gasteiger charge is -2.30.